The van der Waals surface area contributed by atoms with Crippen LogP contribution in [0.2, 0.25) is 0 Å². The Labute approximate surface area is 186 Å². The average Bonchev–Trinajstić information content (AvgIpc) is 3.12. The normalized spacial score (nSPS) is 17.2. The number of carbonyl (C=O) groups is 2. The van der Waals surface area contributed by atoms with Gasteiger partial charge >= 0.3 is 0 Å². The molecule has 0 bridgehead atoms. The van der Waals surface area contributed by atoms with Crippen LogP contribution in [0.3, 0.4) is 0 Å². The summed E-state index contributed by atoms with van der Waals surface area (Å²) in [5, 5.41) is 0. The molecule has 0 aliphatic carbocycles. The third-order valence-corrected chi connectivity index (χ3v) is 5.58. The molecule has 1 fully saturated rings. The first-order chi connectivity index (χ1) is 15.5. The van der Waals surface area contributed by atoms with Crippen LogP contribution in [0.25, 0.3) is 6.08 Å². The van der Waals surface area contributed by atoms with Crippen molar-refractivity contribution in [3.05, 3.63) is 53.3 Å². The van der Waals surface area contributed by atoms with Gasteiger partial charge in [0.2, 0.25) is 5.78 Å². The summed E-state index contributed by atoms with van der Waals surface area (Å²) in [6, 6.07) is 10.3. The maximum Gasteiger partial charge on any atom is 0.260 e. The van der Waals surface area contributed by atoms with Crippen LogP contribution in [0.15, 0.2) is 42.2 Å². The molecule has 32 heavy (non-hydrogen) atoms. The molecule has 8 heteroatoms. The van der Waals surface area contributed by atoms with E-state index in [4.69, 9.17) is 18.9 Å². The van der Waals surface area contributed by atoms with Crippen molar-refractivity contribution >= 4 is 17.8 Å². The minimum Gasteiger partial charge on any atom is -0.497 e. The Balaban J connectivity index is 1.46. The third kappa shape index (κ3) is 4.55. The van der Waals surface area contributed by atoms with E-state index in [1.807, 2.05) is 7.05 Å². The van der Waals surface area contributed by atoms with Crippen molar-refractivity contribution < 1.29 is 28.5 Å². The van der Waals surface area contributed by atoms with Gasteiger partial charge in [-0.05, 0) is 43.5 Å². The van der Waals surface area contributed by atoms with E-state index in [2.05, 4.69) is 4.90 Å². The molecule has 2 heterocycles. The van der Waals surface area contributed by atoms with Gasteiger partial charge in [0.15, 0.2) is 12.4 Å². The average molecular weight is 438 g/mol. The van der Waals surface area contributed by atoms with Gasteiger partial charge in [0, 0.05) is 37.8 Å². The van der Waals surface area contributed by atoms with Crippen LogP contribution in [-0.2, 0) is 4.79 Å². The number of rotatable bonds is 6. The summed E-state index contributed by atoms with van der Waals surface area (Å²) in [4.78, 5) is 29.2. The lowest BCUT2D eigenvalue weighted by atomic mass is 10.1. The van der Waals surface area contributed by atoms with Gasteiger partial charge in [-0.2, -0.15) is 0 Å². The number of methoxy groups -OCH3 is 2. The van der Waals surface area contributed by atoms with E-state index < -0.39 is 0 Å². The van der Waals surface area contributed by atoms with Crippen LogP contribution in [-0.4, -0.2) is 75.5 Å². The van der Waals surface area contributed by atoms with Gasteiger partial charge in [-0.15, -0.1) is 0 Å². The number of hydrogen-bond acceptors (Lipinski definition) is 7. The fourth-order valence-corrected chi connectivity index (χ4v) is 3.64. The van der Waals surface area contributed by atoms with Gasteiger partial charge in [0.05, 0.1) is 19.8 Å². The lowest BCUT2D eigenvalue weighted by Crippen LogP contribution is -2.48. The fourth-order valence-electron chi connectivity index (χ4n) is 3.64. The fraction of sp³-hybridized carbons (Fsp3) is 0.333. The first kappa shape index (κ1) is 21.7. The standard InChI is InChI=1S/C24H26N2O6/c1-25-8-10-26(11-9-25)23(27)15-31-18-4-6-19-21(14-18)32-22(24(19)28)13-16-12-17(29-2)5-7-20(16)30-3/h4-7,12-14H,8-11,15H2,1-3H3. The summed E-state index contributed by atoms with van der Waals surface area (Å²) in [5.74, 6) is 1.99. The summed E-state index contributed by atoms with van der Waals surface area (Å²) in [6.07, 6.45) is 1.63. The minimum absolute atomic E-state index is 0.0544. The first-order valence-corrected chi connectivity index (χ1v) is 10.4. The van der Waals surface area contributed by atoms with E-state index in [0.717, 1.165) is 13.1 Å². The van der Waals surface area contributed by atoms with E-state index in [-0.39, 0.29) is 24.1 Å². The van der Waals surface area contributed by atoms with Gasteiger partial charge in [-0.3, -0.25) is 9.59 Å². The number of nitrogens with zero attached hydrogens (tertiary/aromatic N) is 2. The number of ether oxygens (including phenoxy) is 4. The van der Waals surface area contributed by atoms with Crippen LogP contribution in [0.1, 0.15) is 15.9 Å². The molecule has 0 spiro atoms. The smallest absolute Gasteiger partial charge is 0.260 e. The number of benzene rings is 2. The predicted molar refractivity (Wildman–Crippen MR) is 118 cm³/mol. The lowest BCUT2D eigenvalue weighted by Gasteiger charge is -2.32. The molecule has 0 saturated carbocycles. The SMILES string of the molecule is COc1ccc(OC)c(C=C2Oc3cc(OCC(=O)N4CCN(C)CC4)ccc3C2=O)c1. The number of allylic oxidation sites excluding steroid dienone is 1. The van der Waals surface area contributed by atoms with Crippen molar-refractivity contribution in [3.63, 3.8) is 0 Å². The zero-order valence-electron chi connectivity index (χ0n) is 18.4. The van der Waals surface area contributed by atoms with Gasteiger partial charge in [-0.1, -0.05) is 0 Å². The molecule has 0 aromatic heterocycles. The minimum atomic E-state index is -0.232. The summed E-state index contributed by atoms with van der Waals surface area (Å²) in [7, 11) is 5.17. The van der Waals surface area contributed by atoms with Crippen LogP contribution < -0.4 is 18.9 Å². The van der Waals surface area contributed by atoms with Crippen LogP contribution in [0, 0.1) is 0 Å². The van der Waals surface area contributed by atoms with Crippen molar-refractivity contribution in [1.29, 1.82) is 0 Å². The number of hydrogen-bond donors (Lipinski definition) is 0. The molecule has 2 aliphatic rings. The summed E-state index contributed by atoms with van der Waals surface area (Å²) in [5.41, 5.74) is 1.10. The Hall–Kier alpha value is -3.52. The monoisotopic (exact) mass is 438 g/mol. The molecule has 8 nitrogen and oxygen atoms in total. The Morgan fingerprint density at radius 1 is 1.03 bits per heavy atom. The molecule has 1 amide bonds. The largest absolute Gasteiger partial charge is 0.497 e. The van der Waals surface area contributed by atoms with Gasteiger partial charge < -0.3 is 28.7 Å². The Morgan fingerprint density at radius 3 is 2.50 bits per heavy atom. The lowest BCUT2D eigenvalue weighted by molar-refractivity contribution is -0.134. The molecule has 2 aromatic carbocycles. The number of Topliss-reactive ketones (excluding diaryl/α,β-unsaturated/α-hetero) is 1. The number of likely N-dealkylation sites (N-methyl/N-ethyl adjacent to an activating group) is 1. The molecule has 2 aromatic rings. The highest BCUT2D eigenvalue weighted by Crippen LogP contribution is 2.36. The second kappa shape index (κ2) is 9.32. The molecule has 0 atom stereocenters. The summed E-state index contributed by atoms with van der Waals surface area (Å²) < 4.78 is 22.1. The van der Waals surface area contributed by atoms with Crippen molar-refractivity contribution in [2.45, 2.75) is 0 Å². The zero-order chi connectivity index (χ0) is 22.7. The van der Waals surface area contributed by atoms with E-state index >= 15 is 0 Å². The Bertz CT molecular complexity index is 1060. The number of piperazine rings is 1. The van der Waals surface area contributed by atoms with E-state index in [1.165, 1.54) is 0 Å². The summed E-state index contributed by atoms with van der Waals surface area (Å²) in [6.45, 7) is 3.05. The van der Waals surface area contributed by atoms with Crippen molar-refractivity contribution in [3.8, 4) is 23.0 Å². The van der Waals surface area contributed by atoms with Gasteiger partial charge in [-0.25, -0.2) is 0 Å². The van der Waals surface area contributed by atoms with Crippen LogP contribution in [0.4, 0.5) is 0 Å². The Morgan fingerprint density at radius 2 is 1.78 bits per heavy atom. The molecular weight excluding hydrogens is 412 g/mol. The second-order valence-electron chi connectivity index (χ2n) is 7.68. The van der Waals surface area contributed by atoms with Crippen LogP contribution in [0.5, 0.6) is 23.0 Å². The second-order valence-corrected chi connectivity index (χ2v) is 7.68. The topological polar surface area (TPSA) is 77.5 Å². The number of carbonyl (C=O) groups excluding carboxylic acids is 2. The predicted octanol–water partition coefficient (Wildman–Crippen LogP) is 2.47. The summed E-state index contributed by atoms with van der Waals surface area (Å²) >= 11 is 0. The molecular formula is C24H26N2O6. The molecule has 168 valence electrons. The van der Waals surface area contributed by atoms with E-state index in [9.17, 15) is 9.59 Å². The highest BCUT2D eigenvalue weighted by atomic mass is 16.5. The van der Waals surface area contributed by atoms with Crippen molar-refractivity contribution in [2.24, 2.45) is 0 Å². The molecule has 0 unspecified atom stereocenters. The quantitative estimate of drug-likeness (QED) is 0.641. The molecule has 0 N–H and O–H groups in total. The Kier molecular flexibility index (Phi) is 6.32. The van der Waals surface area contributed by atoms with Gasteiger partial charge in [0.1, 0.15) is 23.0 Å². The van der Waals surface area contributed by atoms with Crippen LogP contribution >= 0.6 is 0 Å². The highest BCUT2D eigenvalue weighted by molar-refractivity contribution is 6.14. The molecule has 1 saturated heterocycles. The number of amides is 1. The highest BCUT2D eigenvalue weighted by Gasteiger charge is 2.28. The van der Waals surface area contributed by atoms with Gasteiger partial charge in [0.25, 0.3) is 5.91 Å². The maximum absolute atomic E-state index is 12.8. The molecule has 0 radical (unpaired) electrons. The maximum atomic E-state index is 12.8. The number of ketones is 1. The van der Waals surface area contributed by atoms with E-state index in [1.54, 1.807) is 61.6 Å². The van der Waals surface area contributed by atoms with E-state index in [0.29, 0.717) is 47.2 Å². The third-order valence-electron chi connectivity index (χ3n) is 5.58. The van der Waals surface area contributed by atoms with Crippen molar-refractivity contribution in [1.82, 2.24) is 9.80 Å². The molecule has 2 aliphatic heterocycles. The van der Waals surface area contributed by atoms with Crippen molar-refractivity contribution in [2.75, 3.05) is 54.1 Å². The molecule has 4 rings (SSSR count). The zero-order valence-corrected chi connectivity index (χ0v) is 18.4. The number of fused-ring (bicyclic) bond motifs is 1. The first-order valence-electron chi connectivity index (χ1n) is 10.4.